The smallest absolute Gasteiger partial charge is 0.300 e. The van der Waals surface area contributed by atoms with Crippen LogP contribution >= 0.6 is 0 Å². The average Bonchev–Trinajstić information content (AvgIpc) is 2.93. The van der Waals surface area contributed by atoms with Gasteiger partial charge in [0.15, 0.2) is 11.6 Å². The second-order valence-corrected chi connectivity index (χ2v) is 7.64. The van der Waals surface area contributed by atoms with Crippen molar-refractivity contribution in [1.82, 2.24) is 19.3 Å². The van der Waals surface area contributed by atoms with Crippen molar-refractivity contribution >= 4 is 21.7 Å². The second kappa shape index (κ2) is 7.56. The summed E-state index contributed by atoms with van der Waals surface area (Å²) in [6.07, 6.45) is 6.95. The largest absolute Gasteiger partial charge is 0.321 e. The summed E-state index contributed by atoms with van der Waals surface area (Å²) < 4.78 is 25.5. The van der Waals surface area contributed by atoms with Gasteiger partial charge in [-0.1, -0.05) is 13.0 Å². The quantitative estimate of drug-likeness (QED) is 0.733. The lowest BCUT2D eigenvalue weighted by Gasteiger charge is -2.11. The van der Waals surface area contributed by atoms with E-state index in [0.717, 1.165) is 11.8 Å². The highest BCUT2D eigenvalue weighted by Crippen LogP contribution is 2.16. The Labute approximate surface area is 146 Å². The van der Waals surface area contributed by atoms with Gasteiger partial charge in [0.05, 0.1) is 12.5 Å². The molecule has 8 nitrogen and oxygen atoms in total. The van der Waals surface area contributed by atoms with E-state index in [4.69, 9.17) is 0 Å². The van der Waals surface area contributed by atoms with E-state index < -0.39 is 15.9 Å². The maximum absolute atomic E-state index is 12.6. The number of hydrogen-bond acceptors (Lipinski definition) is 6. The van der Waals surface area contributed by atoms with Gasteiger partial charge in [0.1, 0.15) is 5.69 Å². The molecule has 2 rings (SSSR count). The van der Waals surface area contributed by atoms with Gasteiger partial charge in [-0.25, -0.2) is 18.1 Å². The minimum Gasteiger partial charge on any atom is -0.321 e. The SMILES string of the molecule is CC(CCc1cccnc1)C(=O)c1cnc(C(=O)NS(C)(=O)=O)n1C. The van der Waals surface area contributed by atoms with Crippen LogP contribution in [0.25, 0.3) is 0 Å². The number of hydrogen-bond donors (Lipinski definition) is 1. The molecule has 1 amide bonds. The van der Waals surface area contributed by atoms with Crippen LogP contribution in [0, 0.1) is 5.92 Å². The first-order chi connectivity index (χ1) is 11.7. The molecule has 1 unspecified atom stereocenters. The van der Waals surface area contributed by atoms with Crippen molar-refractivity contribution in [1.29, 1.82) is 0 Å². The zero-order chi connectivity index (χ0) is 18.6. The van der Waals surface area contributed by atoms with Crippen molar-refractivity contribution in [2.24, 2.45) is 13.0 Å². The zero-order valence-electron chi connectivity index (χ0n) is 14.3. The number of aryl methyl sites for hydroxylation is 1. The number of Topliss-reactive ketones (excluding diaryl/α,β-unsaturated/α-hetero) is 1. The van der Waals surface area contributed by atoms with Crippen LogP contribution in [0.2, 0.25) is 0 Å². The van der Waals surface area contributed by atoms with Gasteiger partial charge in [-0.3, -0.25) is 14.6 Å². The molecule has 0 aliphatic carbocycles. The monoisotopic (exact) mass is 364 g/mol. The molecule has 0 aromatic carbocycles. The van der Waals surface area contributed by atoms with Crippen LogP contribution < -0.4 is 4.72 Å². The molecule has 0 bridgehead atoms. The minimum atomic E-state index is -3.70. The fourth-order valence-corrected chi connectivity index (χ4v) is 2.80. The maximum Gasteiger partial charge on any atom is 0.300 e. The third-order valence-corrected chi connectivity index (χ3v) is 4.31. The molecule has 0 fully saturated rings. The molecule has 2 aromatic heterocycles. The summed E-state index contributed by atoms with van der Waals surface area (Å²) in [7, 11) is -2.19. The van der Waals surface area contributed by atoms with E-state index in [1.807, 2.05) is 23.8 Å². The van der Waals surface area contributed by atoms with Crippen LogP contribution in [-0.4, -0.2) is 40.9 Å². The van der Waals surface area contributed by atoms with Crippen LogP contribution in [0.4, 0.5) is 0 Å². The van der Waals surface area contributed by atoms with E-state index in [9.17, 15) is 18.0 Å². The number of nitrogens with zero attached hydrogens (tertiary/aromatic N) is 3. The van der Waals surface area contributed by atoms with E-state index in [2.05, 4.69) is 9.97 Å². The second-order valence-electron chi connectivity index (χ2n) is 5.89. The van der Waals surface area contributed by atoms with Crippen molar-refractivity contribution in [3.63, 3.8) is 0 Å². The third-order valence-electron chi connectivity index (χ3n) is 3.76. The number of rotatable bonds is 7. The van der Waals surface area contributed by atoms with E-state index in [0.29, 0.717) is 12.8 Å². The molecular weight excluding hydrogens is 344 g/mol. The number of carbonyl (C=O) groups is 2. The summed E-state index contributed by atoms with van der Waals surface area (Å²) >= 11 is 0. The fraction of sp³-hybridized carbons (Fsp3) is 0.375. The van der Waals surface area contributed by atoms with Crippen LogP contribution in [0.1, 0.15) is 40.0 Å². The molecule has 9 heteroatoms. The average molecular weight is 364 g/mol. The standard InChI is InChI=1S/C16H20N4O4S/c1-11(6-7-12-5-4-8-17-9-12)14(21)13-10-18-15(20(13)2)16(22)19-25(3,23)24/h4-5,8-11H,6-7H2,1-3H3,(H,19,22). The number of ketones is 1. The molecule has 0 aliphatic rings. The van der Waals surface area contributed by atoms with E-state index in [1.165, 1.54) is 17.8 Å². The first-order valence-corrected chi connectivity index (χ1v) is 9.55. The first kappa shape index (κ1) is 18.8. The van der Waals surface area contributed by atoms with Crippen LogP contribution in [0.15, 0.2) is 30.7 Å². The summed E-state index contributed by atoms with van der Waals surface area (Å²) in [5.74, 6) is -1.43. The number of sulfonamides is 1. The summed E-state index contributed by atoms with van der Waals surface area (Å²) in [4.78, 5) is 32.4. The molecule has 2 aromatic rings. The lowest BCUT2D eigenvalue weighted by molar-refractivity contribution is 0.0915. The molecule has 0 saturated carbocycles. The highest BCUT2D eigenvalue weighted by molar-refractivity contribution is 7.89. The Morgan fingerprint density at radius 2 is 2.04 bits per heavy atom. The molecule has 0 saturated heterocycles. The van der Waals surface area contributed by atoms with Gasteiger partial charge in [0.2, 0.25) is 10.0 Å². The number of pyridine rings is 1. The predicted octanol–water partition coefficient (Wildman–Crippen LogP) is 0.956. The Bertz CT molecular complexity index is 875. The van der Waals surface area contributed by atoms with Gasteiger partial charge in [-0.15, -0.1) is 0 Å². The predicted molar refractivity (Wildman–Crippen MR) is 91.6 cm³/mol. The normalized spacial score (nSPS) is 12.6. The highest BCUT2D eigenvalue weighted by Gasteiger charge is 2.23. The van der Waals surface area contributed by atoms with Crippen molar-refractivity contribution in [3.05, 3.63) is 47.8 Å². The van der Waals surface area contributed by atoms with Gasteiger partial charge < -0.3 is 4.57 Å². The summed E-state index contributed by atoms with van der Waals surface area (Å²) in [6.45, 7) is 1.81. The minimum absolute atomic E-state index is 0.131. The molecule has 0 aliphatic heterocycles. The molecule has 25 heavy (non-hydrogen) atoms. The summed E-state index contributed by atoms with van der Waals surface area (Å²) in [6, 6.07) is 3.79. The zero-order valence-corrected chi connectivity index (χ0v) is 15.1. The highest BCUT2D eigenvalue weighted by atomic mass is 32.2. The van der Waals surface area contributed by atoms with Crippen molar-refractivity contribution in [2.75, 3.05) is 6.26 Å². The van der Waals surface area contributed by atoms with Gasteiger partial charge in [0.25, 0.3) is 0 Å². The number of carbonyl (C=O) groups excluding carboxylic acids is 2. The molecule has 1 N–H and O–H groups in total. The van der Waals surface area contributed by atoms with Crippen LogP contribution in [0.3, 0.4) is 0 Å². The lowest BCUT2D eigenvalue weighted by atomic mass is 9.96. The fourth-order valence-electron chi connectivity index (χ4n) is 2.38. The molecule has 0 radical (unpaired) electrons. The van der Waals surface area contributed by atoms with Gasteiger partial charge in [-0.05, 0) is 24.5 Å². The van der Waals surface area contributed by atoms with E-state index in [1.54, 1.807) is 12.4 Å². The number of amides is 1. The van der Waals surface area contributed by atoms with Crippen LogP contribution in [0.5, 0.6) is 0 Å². The van der Waals surface area contributed by atoms with E-state index >= 15 is 0 Å². The van der Waals surface area contributed by atoms with Gasteiger partial charge in [-0.2, -0.15) is 0 Å². The maximum atomic E-state index is 12.6. The molecular formula is C16H20N4O4S. The van der Waals surface area contributed by atoms with Crippen molar-refractivity contribution in [2.45, 2.75) is 19.8 Å². The summed E-state index contributed by atoms with van der Waals surface area (Å²) in [5.41, 5.74) is 1.30. The molecule has 134 valence electrons. The number of aromatic nitrogens is 3. The number of nitrogens with one attached hydrogen (secondary N) is 1. The van der Waals surface area contributed by atoms with E-state index in [-0.39, 0.29) is 23.2 Å². The Morgan fingerprint density at radius 3 is 2.64 bits per heavy atom. The topological polar surface area (TPSA) is 111 Å². The third kappa shape index (κ3) is 4.96. The lowest BCUT2D eigenvalue weighted by Crippen LogP contribution is -2.31. The molecule has 0 spiro atoms. The first-order valence-electron chi connectivity index (χ1n) is 7.66. The summed E-state index contributed by atoms with van der Waals surface area (Å²) in [5, 5.41) is 0. The van der Waals surface area contributed by atoms with Crippen molar-refractivity contribution < 1.29 is 18.0 Å². The Kier molecular flexibility index (Phi) is 5.68. The van der Waals surface area contributed by atoms with Gasteiger partial charge >= 0.3 is 5.91 Å². The Morgan fingerprint density at radius 1 is 1.32 bits per heavy atom. The van der Waals surface area contributed by atoms with Crippen molar-refractivity contribution in [3.8, 4) is 0 Å². The Balaban J connectivity index is 2.08. The molecule has 1 atom stereocenters. The molecule has 2 heterocycles. The van der Waals surface area contributed by atoms with Gasteiger partial charge in [0, 0.05) is 25.4 Å². The Hall–Kier alpha value is -2.55. The number of imidazole rings is 1. The van der Waals surface area contributed by atoms with Crippen LogP contribution in [-0.2, 0) is 23.5 Å².